The van der Waals surface area contributed by atoms with E-state index < -0.39 is 11.1 Å². The number of aliphatic imine (C=N–C) groups is 1. The standard InChI is InChI=1S/C14H20N2O3/c1-13(2)14(3,4)16(18)12(15-13)10-7-6-9(19-5)8-11(10)17/h6-8,17-18H,1-5H3. The molecule has 0 aromatic heterocycles. The van der Waals surface area contributed by atoms with Crippen molar-refractivity contribution in [1.82, 2.24) is 5.06 Å². The lowest BCUT2D eigenvalue weighted by atomic mass is 9.84. The SMILES string of the molecule is COc1ccc(C2=NC(C)(C)C(C)(C)N2O)c(O)c1. The first-order valence-electron chi connectivity index (χ1n) is 6.17. The highest BCUT2D eigenvalue weighted by atomic mass is 16.5. The van der Waals surface area contributed by atoms with Crippen LogP contribution in [0.5, 0.6) is 11.5 Å². The van der Waals surface area contributed by atoms with Crippen molar-refractivity contribution >= 4 is 5.84 Å². The van der Waals surface area contributed by atoms with Gasteiger partial charge in [-0.2, -0.15) is 0 Å². The third-order valence-corrected chi connectivity index (χ3v) is 4.06. The Morgan fingerprint density at radius 2 is 1.84 bits per heavy atom. The van der Waals surface area contributed by atoms with Crippen LogP contribution in [0.4, 0.5) is 0 Å². The zero-order valence-corrected chi connectivity index (χ0v) is 11.9. The van der Waals surface area contributed by atoms with Crippen molar-refractivity contribution in [3.8, 4) is 11.5 Å². The second-order valence-corrected chi connectivity index (χ2v) is 5.75. The lowest BCUT2D eigenvalue weighted by Gasteiger charge is -2.36. The van der Waals surface area contributed by atoms with Gasteiger partial charge < -0.3 is 9.84 Å². The number of nitrogens with zero attached hydrogens (tertiary/aromatic N) is 2. The molecule has 0 amide bonds. The molecule has 0 spiro atoms. The summed E-state index contributed by atoms with van der Waals surface area (Å²) in [6, 6.07) is 4.92. The summed E-state index contributed by atoms with van der Waals surface area (Å²) in [5, 5.41) is 21.5. The molecule has 2 rings (SSSR count). The van der Waals surface area contributed by atoms with Crippen molar-refractivity contribution in [2.75, 3.05) is 7.11 Å². The summed E-state index contributed by atoms with van der Waals surface area (Å²) >= 11 is 0. The number of hydroxylamine groups is 2. The molecule has 0 fully saturated rings. The van der Waals surface area contributed by atoms with E-state index in [0.29, 0.717) is 17.1 Å². The Morgan fingerprint density at radius 1 is 1.21 bits per heavy atom. The fraction of sp³-hybridized carbons (Fsp3) is 0.500. The maximum Gasteiger partial charge on any atom is 0.159 e. The Labute approximate surface area is 113 Å². The number of phenolic OH excluding ortho intramolecular Hbond substituents is 1. The summed E-state index contributed by atoms with van der Waals surface area (Å²) in [6.07, 6.45) is 0. The van der Waals surface area contributed by atoms with Crippen LogP contribution in [0, 0.1) is 0 Å². The van der Waals surface area contributed by atoms with Crippen molar-refractivity contribution in [2.45, 2.75) is 38.8 Å². The molecule has 5 heteroatoms. The predicted octanol–water partition coefficient (Wildman–Crippen LogP) is 2.41. The van der Waals surface area contributed by atoms with Crippen LogP contribution in [0.3, 0.4) is 0 Å². The van der Waals surface area contributed by atoms with Crippen LogP contribution in [-0.2, 0) is 0 Å². The Hall–Kier alpha value is -1.75. The lowest BCUT2D eigenvalue weighted by Crippen LogP contribution is -2.51. The predicted molar refractivity (Wildman–Crippen MR) is 73.0 cm³/mol. The molecule has 0 saturated heterocycles. The van der Waals surface area contributed by atoms with Crippen LogP contribution in [0.1, 0.15) is 33.3 Å². The van der Waals surface area contributed by atoms with Gasteiger partial charge in [0.05, 0.1) is 23.8 Å². The number of hydrogen-bond donors (Lipinski definition) is 2. The van der Waals surface area contributed by atoms with Crippen LogP contribution >= 0.6 is 0 Å². The van der Waals surface area contributed by atoms with E-state index >= 15 is 0 Å². The molecule has 0 bridgehead atoms. The maximum absolute atomic E-state index is 10.3. The normalized spacial score (nSPS) is 20.3. The van der Waals surface area contributed by atoms with Crippen LogP contribution < -0.4 is 4.74 Å². The van der Waals surface area contributed by atoms with Crippen LogP contribution in [0.25, 0.3) is 0 Å². The van der Waals surface area contributed by atoms with E-state index in [0.717, 1.165) is 5.06 Å². The van der Waals surface area contributed by atoms with Crippen LogP contribution in [0.15, 0.2) is 23.2 Å². The van der Waals surface area contributed by atoms with E-state index in [1.165, 1.54) is 13.2 Å². The molecule has 0 saturated carbocycles. The Bertz CT molecular complexity index is 535. The van der Waals surface area contributed by atoms with Crippen molar-refractivity contribution < 1.29 is 15.1 Å². The highest BCUT2D eigenvalue weighted by Crippen LogP contribution is 2.39. The van der Waals surface area contributed by atoms with Gasteiger partial charge >= 0.3 is 0 Å². The van der Waals surface area contributed by atoms with E-state index in [9.17, 15) is 10.3 Å². The number of amidine groups is 1. The molecule has 0 radical (unpaired) electrons. The van der Waals surface area contributed by atoms with Gasteiger partial charge in [-0.3, -0.25) is 10.2 Å². The van der Waals surface area contributed by atoms with E-state index in [4.69, 9.17) is 4.74 Å². The second-order valence-electron chi connectivity index (χ2n) is 5.75. The van der Waals surface area contributed by atoms with Crippen LogP contribution in [-0.4, -0.2) is 39.4 Å². The summed E-state index contributed by atoms with van der Waals surface area (Å²) in [5.41, 5.74) is -0.514. The second kappa shape index (κ2) is 4.13. The quantitative estimate of drug-likeness (QED) is 0.861. The number of phenols is 1. The number of hydrogen-bond acceptors (Lipinski definition) is 5. The fourth-order valence-corrected chi connectivity index (χ4v) is 1.97. The van der Waals surface area contributed by atoms with Crippen LogP contribution in [0.2, 0.25) is 0 Å². The minimum Gasteiger partial charge on any atom is -0.507 e. The fourth-order valence-electron chi connectivity index (χ4n) is 1.97. The van der Waals surface area contributed by atoms with E-state index in [-0.39, 0.29) is 5.75 Å². The lowest BCUT2D eigenvalue weighted by molar-refractivity contribution is -0.0993. The molecule has 104 valence electrons. The highest BCUT2D eigenvalue weighted by molar-refractivity contribution is 6.02. The molecule has 0 aliphatic carbocycles. The smallest absolute Gasteiger partial charge is 0.159 e. The average Bonchev–Trinajstić information content (AvgIpc) is 2.49. The molecule has 1 aromatic rings. The van der Waals surface area contributed by atoms with Gasteiger partial charge in [-0.15, -0.1) is 0 Å². The molecule has 19 heavy (non-hydrogen) atoms. The summed E-state index contributed by atoms with van der Waals surface area (Å²) in [5.74, 6) is 0.962. The molecule has 1 aliphatic rings. The summed E-state index contributed by atoms with van der Waals surface area (Å²) in [7, 11) is 1.53. The van der Waals surface area contributed by atoms with Gasteiger partial charge in [0.15, 0.2) is 5.84 Å². The Morgan fingerprint density at radius 3 is 2.26 bits per heavy atom. The Kier molecular flexibility index (Phi) is 2.97. The van der Waals surface area contributed by atoms with Gasteiger partial charge in [-0.25, -0.2) is 5.06 Å². The molecule has 1 aliphatic heterocycles. The van der Waals surface area contributed by atoms with Crippen molar-refractivity contribution in [3.63, 3.8) is 0 Å². The maximum atomic E-state index is 10.3. The largest absolute Gasteiger partial charge is 0.507 e. The van der Waals surface area contributed by atoms with E-state index in [2.05, 4.69) is 4.99 Å². The van der Waals surface area contributed by atoms with Gasteiger partial charge in [-0.1, -0.05) is 0 Å². The summed E-state index contributed by atoms with van der Waals surface area (Å²) in [6.45, 7) is 7.71. The van der Waals surface area contributed by atoms with Gasteiger partial charge in [0.1, 0.15) is 11.5 Å². The molecule has 1 heterocycles. The molecular weight excluding hydrogens is 244 g/mol. The first-order valence-corrected chi connectivity index (χ1v) is 6.17. The minimum atomic E-state index is -0.547. The molecule has 0 unspecified atom stereocenters. The van der Waals surface area contributed by atoms with E-state index in [1.807, 2.05) is 27.7 Å². The van der Waals surface area contributed by atoms with Crippen molar-refractivity contribution in [1.29, 1.82) is 0 Å². The first kappa shape index (κ1) is 13.7. The summed E-state index contributed by atoms with van der Waals surface area (Å²) in [4.78, 5) is 4.53. The van der Waals surface area contributed by atoms with Gasteiger partial charge in [-0.05, 0) is 39.8 Å². The third kappa shape index (κ3) is 1.94. The minimum absolute atomic E-state index is 0.0330. The van der Waals surface area contributed by atoms with Gasteiger partial charge in [0, 0.05) is 6.07 Å². The zero-order valence-electron chi connectivity index (χ0n) is 11.9. The average molecular weight is 264 g/mol. The first-order chi connectivity index (χ1) is 8.70. The van der Waals surface area contributed by atoms with Crippen molar-refractivity contribution in [3.05, 3.63) is 23.8 Å². The molecule has 0 atom stereocenters. The number of aromatic hydroxyl groups is 1. The van der Waals surface area contributed by atoms with E-state index in [1.54, 1.807) is 12.1 Å². The Balaban J connectivity index is 2.49. The molecular formula is C14H20N2O3. The third-order valence-electron chi connectivity index (χ3n) is 4.06. The van der Waals surface area contributed by atoms with Gasteiger partial charge in [0.2, 0.25) is 0 Å². The monoisotopic (exact) mass is 264 g/mol. The number of ether oxygens (including phenoxy) is 1. The molecule has 1 aromatic carbocycles. The highest BCUT2D eigenvalue weighted by Gasteiger charge is 2.49. The summed E-state index contributed by atoms with van der Waals surface area (Å²) < 4.78 is 5.05. The topological polar surface area (TPSA) is 65.3 Å². The van der Waals surface area contributed by atoms with Gasteiger partial charge in [0.25, 0.3) is 0 Å². The number of methoxy groups -OCH3 is 1. The molecule has 5 nitrogen and oxygen atoms in total. The molecule has 2 N–H and O–H groups in total. The zero-order chi connectivity index (χ0) is 14.4. The number of rotatable bonds is 2. The number of benzene rings is 1. The van der Waals surface area contributed by atoms with Crippen molar-refractivity contribution in [2.24, 2.45) is 4.99 Å².